The van der Waals surface area contributed by atoms with Gasteiger partial charge in [-0.05, 0) is 25.0 Å². The highest BCUT2D eigenvalue weighted by atomic mass is 16.5. The average molecular weight is 245 g/mol. The number of aromatic amines is 1. The Balaban J connectivity index is 2.12. The number of aryl methyl sites for hydroxylation is 1. The molecule has 5 nitrogen and oxygen atoms in total. The molecule has 1 aromatic heterocycles. The number of aromatic nitrogens is 3. The van der Waals surface area contributed by atoms with Crippen molar-refractivity contribution in [2.45, 2.75) is 20.3 Å². The van der Waals surface area contributed by atoms with Gasteiger partial charge in [-0.3, -0.25) is 0 Å². The summed E-state index contributed by atoms with van der Waals surface area (Å²) in [5.74, 6) is 0.342. The van der Waals surface area contributed by atoms with Crippen molar-refractivity contribution in [3.63, 3.8) is 0 Å². The number of rotatable bonds is 4. The van der Waals surface area contributed by atoms with E-state index in [1.54, 1.807) is 6.92 Å². The summed E-state index contributed by atoms with van der Waals surface area (Å²) < 4.78 is 4.84. The summed E-state index contributed by atoms with van der Waals surface area (Å²) in [6.45, 7) is 4.12. The highest BCUT2D eigenvalue weighted by molar-refractivity contribution is 5.84. The number of ether oxygens (including phenoxy) is 1. The normalized spacial score (nSPS) is 10.3. The third-order valence-corrected chi connectivity index (χ3v) is 2.62. The third kappa shape index (κ3) is 2.74. The molecule has 1 N–H and O–H groups in total. The van der Waals surface area contributed by atoms with E-state index < -0.39 is 5.97 Å². The van der Waals surface area contributed by atoms with Crippen molar-refractivity contribution in [3.05, 3.63) is 47.0 Å². The van der Waals surface area contributed by atoms with E-state index in [1.165, 1.54) is 5.56 Å². The van der Waals surface area contributed by atoms with Crippen molar-refractivity contribution in [1.29, 1.82) is 0 Å². The second-order valence-corrected chi connectivity index (χ2v) is 3.94. The molecule has 0 saturated carbocycles. The lowest BCUT2D eigenvalue weighted by Gasteiger charge is -2.01. The quantitative estimate of drug-likeness (QED) is 0.835. The minimum absolute atomic E-state index is 0.153. The predicted molar refractivity (Wildman–Crippen MR) is 66.3 cm³/mol. The summed E-state index contributed by atoms with van der Waals surface area (Å²) in [7, 11) is 0. The third-order valence-electron chi connectivity index (χ3n) is 2.62. The number of nitrogens with one attached hydrogen (secondary N) is 1. The Bertz CT molecular complexity index is 549. The van der Waals surface area contributed by atoms with E-state index in [0.717, 1.165) is 5.56 Å². The summed E-state index contributed by atoms with van der Waals surface area (Å²) in [6.07, 6.45) is 0.624. The molecule has 0 amide bonds. The fraction of sp³-hybridized carbons (Fsp3) is 0.308. The van der Waals surface area contributed by atoms with Crippen molar-refractivity contribution in [3.8, 4) is 0 Å². The zero-order valence-electron chi connectivity index (χ0n) is 10.4. The lowest BCUT2D eigenvalue weighted by atomic mass is 10.1. The first-order valence-corrected chi connectivity index (χ1v) is 5.84. The highest BCUT2D eigenvalue weighted by Gasteiger charge is 2.13. The summed E-state index contributed by atoms with van der Waals surface area (Å²) >= 11 is 0. The summed E-state index contributed by atoms with van der Waals surface area (Å²) in [6, 6.07) is 8.04. The van der Waals surface area contributed by atoms with Crippen LogP contribution in [0.4, 0.5) is 0 Å². The fourth-order valence-corrected chi connectivity index (χ4v) is 1.66. The van der Waals surface area contributed by atoms with Crippen LogP contribution in [0, 0.1) is 6.92 Å². The Morgan fingerprint density at radius 3 is 2.83 bits per heavy atom. The molecule has 2 rings (SSSR count). The van der Waals surface area contributed by atoms with Crippen LogP contribution in [-0.2, 0) is 11.2 Å². The molecule has 2 aromatic rings. The smallest absolute Gasteiger partial charge is 0.376 e. The molecule has 0 aliphatic rings. The van der Waals surface area contributed by atoms with Crippen LogP contribution in [0.5, 0.6) is 0 Å². The SMILES string of the molecule is CCOC(=O)c1nnc(Cc2ccccc2C)[nH]1. The maximum absolute atomic E-state index is 11.4. The van der Waals surface area contributed by atoms with Gasteiger partial charge >= 0.3 is 5.97 Å². The van der Waals surface area contributed by atoms with E-state index in [-0.39, 0.29) is 5.82 Å². The summed E-state index contributed by atoms with van der Waals surface area (Å²) in [4.78, 5) is 14.3. The van der Waals surface area contributed by atoms with Crippen LogP contribution in [0.2, 0.25) is 0 Å². The largest absolute Gasteiger partial charge is 0.460 e. The van der Waals surface area contributed by atoms with Crippen LogP contribution in [0.3, 0.4) is 0 Å². The molecule has 0 spiro atoms. The van der Waals surface area contributed by atoms with Crippen LogP contribution in [-0.4, -0.2) is 27.8 Å². The maximum atomic E-state index is 11.4. The first-order chi connectivity index (χ1) is 8.70. The van der Waals surface area contributed by atoms with Gasteiger partial charge in [-0.2, -0.15) is 0 Å². The predicted octanol–water partition coefficient (Wildman–Crippen LogP) is 1.88. The maximum Gasteiger partial charge on any atom is 0.376 e. The van der Waals surface area contributed by atoms with Gasteiger partial charge in [0.25, 0.3) is 0 Å². The molecule has 0 aliphatic carbocycles. The Morgan fingerprint density at radius 1 is 1.33 bits per heavy atom. The van der Waals surface area contributed by atoms with Crippen LogP contribution in [0.15, 0.2) is 24.3 Å². The van der Waals surface area contributed by atoms with E-state index >= 15 is 0 Å². The Morgan fingerprint density at radius 2 is 2.11 bits per heavy atom. The van der Waals surface area contributed by atoms with Crippen molar-refractivity contribution in [2.24, 2.45) is 0 Å². The fourth-order valence-electron chi connectivity index (χ4n) is 1.66. The number of esters is 1. The van der Waals surface area contributed by atoms with Crippen molar-refractivity contribution in [1.82, 2.24) is 15.2 Å². The van der Waals surface area contributed by atoms with Crippen LogP contribution < -0.4 is 0 Å². The van der Waals surface area contributed by atoms with Crippen LogP contribution >= 0.6 is 0 Å². The summed E-state index contributed by atoms with van der Waals surface area (Å²) in [5, 5.41) is 7.73. The van der Waals surface area contributed by atoms with E-state index in [1.807, 2.05) is 31.2 Å². The molecular weight excluding hydrogens is 230 g/mol. The van der Waals surface area contributed by atoms with E-state index in [2.05, 4.69) is 15.2 Å². The molecule has 0 unspecified atom stereocenters. The second kappa shape index (κ2) is 5.44. The number of H-pyrrole nitrogens is 1. The van der Waals surface area contributed by atoms with Gasteiger partial charge in [0.1, 0.15) is 5.82 Å². The molecule has 0 radical (unpaired) electrons. The molecule has 1 aromatic carbocycles. The van der Waals surface area contributed by atoms with Crippen molar-refractivity contribution < 1.29 is 9.53 Å². The molecule has 18 heavy (non-hydrogen) atoms. The average Bonchev–Trinajstić information content (AvgIpc) is 2.81. The second-order valence-electron chi connectivity index (χ2n) is 3.94. The molecule has 0 bridgehead atoms. The number of hydrogen-bond donors (Lipinski definition) is 1. The van der Waals surface area contributed by atoms with Gasteiger partial charge in [0.2, 0.25) is 5.82 Å². The Labute approximate surface area is 105 Å². The minimum atomic E-state index is -0.471. The number of hydrogen-bond acceptors (Lipinski definition) is 4. The molecule has 0 fully saturated rings. The van der Waals surface area contributed by atoms with Crippen molar-refractivity contribution in [2.75, 3.05) is 6.61 Å². The van der Waals surface area contributed by atoms with Gasteiger partial charge in [-0.1, -0.05) is 24.3 Å². The monoisotopic (exact) mass is 245 g/mol. The van der Waals surface area contributed by atoms with Gasteiger partial charge in [0.05, 0.1) is 6.61 Å². The van der Waals surface area contributed by atoms with Gasteiger partial charge < -0.3 is 9.72 Å². The number of benzene rings is 1. The molecule has 0 atom stereocenters. The molecule has 0 aliphatic heterocycles. The standard InChI is InChI=1S/C13H15N3O2/c1-3-18-13(17)12-14-11(15-16-12)8-10-7-5-4-6-9(10)2/h4-7H,3,8H2,1-2H3,(H,14,15,16). The van der Waals surface area contributed by atoms with Gasteiger partial charge in [0.15, 0.2) is 0 Å². The summed E-state index contributed by atoms with van der Waals surface area (Å²) in [5.41, 5.74) is 2.34. The first kappa shape index (κ1) is 12.3. The van der Waals surface area contributed by atoms with E-state index in [4.69, 9.17) is 4.74 Å². The first-order valence-electron chi connectivity index (χ1n) is 5.84. The minimum Gasteiger partial charge on any atom is -0.460 e. The zero-order chi connectivity index (χ0) is 13.0. The van der Waals surface area contributed by atoms with Gasteiger partial charge in [0, 0.05) is 6.42 Å². The lowest BCUT2D eigenvalue weighted by molar-refractivity contribution is 0.0512. The van der Waals surface area contributed by atoms with Gasteiger partial charge in [-0.15, -0.1) is 10.2 Å². The molecule has 0 saturated heterocycles. The Kier molecular flexibility index (Phi) is 3.72. The lowest BCUT2D eigenvalue weighted by Crippen LogP contribution is -2.06. The number of carbonyl (C=O) groups is 1. The van der Waals surface area contributed by atoms with Crippen LogP contribution in [0.1, 0.15) is 34.5 Å². The topological polar surface area (TPSA) is 67.9 Å². The van der Waals surface area contributed by atoms with Crippen LogP contribution in [0.25, 0.3) is 0 Å². The highest BCUT2D eigenvalue weighted by Crippen LogP contribution is 2.11. The van der Waals surface area contributed by atoms with E-state index in [0.29, 0.717) is 18.9 Å². The van der Waals surface area contributed by atoms with Crippen molar-refractivity contribution >= 4 is 5.97 Å². The Hall–Kier alpha value is -2.17. The van der Waals surface area contributed by atoms with Gasteiger partial charge in [-0.25, -0.2) is 4.79 Å². The number of nitrogens with zero attached hydrogens (tertiary/aromatic N) is 2. The molecule has 94 valence electrons. The molecular formula is C13H15N3O2. The zero-order valence-corrected chi connectivity index (χ0v) is 10.4. The van der Waals surface area contributed by atoms with E-state index in [9.17, 15) is 4.79 Å². The molecule has 5 heteroatoms. The molecule has 1 heterocycles. The number of carbonyl (C=O) groups excluding carboxylic acids is 1.